The summed E-state index contributed by atoms with van der Waals surface area (Å²) in [7, 11) is 1.61. The number of rotatable bonds is 2. The predicted octanol–water partition coefficient (Wildman–Crippen LogP) is 1.45. The highest BCUT2D eigenvalue weighted by atomic mass is 16.1. The van der Waals surface area contributed by atoms with E-state index in [0.29, 0.717) is 11.5 Å². The lowest BCUT2D eigenvalue weighted by atomic mass is 10.1. The summed E-state index contributed by atoms with van der Waals surface area (Å²) in [5.74, 6) is 0.401. The van der Waals surface area contributed by atoms with Crippen LogP contribution < -0.4 is 11.3 Å². The van der Waals surface area contributed by atoms with Crippen LogP contribution in [0.25, 0.3) is 11.0 Å². The van der Waals surface area contributed by atoms with Gasteiger partial charge in [-0.05, 0) is 13.8 Å². The smallest absolute Gasteiger partial charge is 0.266 e. The Hall–Kier alpha value is -2.77. The Balaban J connectivity index is 0.000000924. The summed E-state index contributed by atoms with van der Waals surface area (Å²) < 4.78 is 3.02. The summed E-state index contributed by atoms with van der Waals surface area (Å²) in [4.78, 5) is 20.0. The topological polar surface area (TPSA) is 105 Å². The molecular weight excluding hydrogens is 294 g/mol. The first-order valence-electron chi connectivity index (χ1n) is 7.47. The monoisotopic (exact) mass is 315 g/mol. The first-order chi connectivity index (χ1) is 11.0. The van der Waals surface area contributed by atoms with E-state index < -0.39 is 0 Å². The Morgan fingerprint density at radius 3 is 2.61 bits per heavy atom. The van der Waals surface area contributed by atoms with Crippen LogP contribution in [0.3, 0.4) is 0 Å². The van der Waals surface area contributed by atoms with Gasteiger partial charge in [0.2, 0.25) is 0 Å². The number of nitrogens with zero attached hydrogens (tertiary/aromatic N) is 6. The fourth-order valence-electron chi connectivity index (χ4n) is 2.29. The Morgan fingerprint density at radius 2 is 1.96 bits per heavy atom. The molecule has 8 nitrogen and oxygen atoms in total. The molecule has 0 aliphatic rings. The Kier molecular flexibility index (Phi) is 4.73. The number of aromatic nitrogens is 6. The standard InChI is InChI=1S/C13H15N7O.C2H6/c1-7-11-12(14)15-6-16-13(11)20(18-7)8(2)9-4-10(21)19(3)17-5-9;1-2/h4-6,8H,1-3H3,(H2,14,15,16);1-2H3. The largest absolute Gasteiger partial charge is 0.383 e. The summed E-state index contributed by atoms with van der Waals surface area (Å²) >= 11 is 0. The molecule has 3 heterocycles. The number of nitrogen functional groups attached to an aromatic ring is 1. The molecule has 1 atom stereocenters. The lowest BCUT2D eigenvalue weighted by Gasteiger charge is -2.13. The van der Waals surface area contributed by atoms with Crippen molar-refractivity contribution in [3.63, 3.8) is 0 Å². The van der Waals surface area contributed by atoms with Crippen LogP contribution in [-0.2, 0) is 7.05 Å². The number of hydrogen-bond acceptors (Lipinski definition) is 6. The van der Waals surface area contributed by atoms with E-state index in [-0.39, 0.29) is 11.6 Å². The zero-order chi connectivity index (χ0) is 17.1. The molecule has 1 unspecified atom stereocenters. The summed E-state index contributed by atoms with van der Waals surface area (Å²) in [5, 5.41) is 9.25. The van der Waals surface area contributed by atoms with E-state index in [4.69, 9.17) is 5.73 Å². The SMILES string of the molecule is CC.Cc1nn(C(C)c2cnn(C)c(=O)c2)c2ncnc(N)c12. The van der Waals surface area contributed by atoms with Crippen LogP contribution in [0.15, 0.2) is 23.4 Å². The summed E-state index contributed by atoms with van der Waals surface area (Å²) in [6.07, 6.45) is 3.06. The molecule has 0 bridgehead atoms. The van der Waals surface area contributed by atoms with E-state index in [1.165, 1.54) is 11.0 Å². The molecule has 3 aromatic rings. The van der Waals surface area contributed by atoms with Crippen LogP contribution in [0.1, 0.15) is 38.1 Å². The second-order valence-electron chi connectivity index (χ2n) is 4.91. The van der Waals surface area contributed by atoms with Crippen molar-refractivity contribution in [1.29, 1.82) is 0 Å². The van der Waals surface area contributed by atoms with Gasteiger partial charge in [-0.15, -0.1) is 0 Å². The van der Waals surface area contributed by atoms with E-state index in [1.807, 2.05) is 27.7 Å². The highest BCUT2D eigenvalue weighted by Gasteiger charge is 2.18. The summed E-state index contributed by atoms with van der Waals surface area (Å²) in [6.45, 7) is 7.79. The fourth-order valence-corrected chi connectivity index (χ4v) is 2.29. The molecule has 3 rings (SSSR count). The average Bonchev–Trinajstić information content (AvgIpc) is 2.89. The van der Waals surface area contributed by atoms with Crippen molar-refractivity contribution >= 4 is 16.9 Å². The quantitative estimate of drug-likeness (QED) is 0.767. The molecule has 3 aromatic heterocycles. The highest BCUT2D eigenvalue weighted by molar-refractivity contribution is 5.87. The van der Waals surface area contributed by atoms with E-state index in [9.17, 15) is 4.79 Å². The molecule has 2 N–H and O–H groups in total. The Labute approximate surface area is 134 Å². The fraction of sp³-hybridized carbons (Fsp3) is 0.400. The minimum Gasteiger partial charge on any atom is -0.383 e. The number of anilines is 1. The van der Waals surface area contributed by atoms with Crippen LogP contribution in [0.5, 0.6) is 0 Å². The summed E-state index contributed by atoms with van der Waals surface area (Å²) in [6, 6.07) is 1.36. The number of aryl methyl sites for hydroxylation is 2. The first kappa shape index (κ1) is 16.6. The maximum absolute atomic E-state index is 11.7. The van der Waals surface area contributed by atoms with E-state index in [1.54, 1.807) is 24.0 Å². The van der Waals surface area contributed by atoms with Crippen LogP contribution in [0.4, 0.5) is 5.82 Å². The Bertz CT molecular complexity index is 881. The molecule has 0 spiro atoms. The average molecular weight is 315 g/mol. The van der Waals surface area contributed by atoms with Gasteiger partial charge in [-0.1, -0.05) is 13.8 Å². The molecule has 122 valence electrons. The molecule has 0 aliphatic carbocycles. The van der Waals surface area contributed by atoms with E-state index >= 15 is 0 Å². The van der Waals surface area contributed by atoms with Crippen LogP contribution in [0.2, 0.25) is 0 Å². The lowest BCUT2D eigenvalue weighted by molar-refractivity contribution is 0.564. The molecule has 8 heteroatoms. The van der Waals surface area contributed by atoms with Crippen molar-refractivity contribution in [1.82, 2.24) is 29.5 Å². The molecule has 0 fully saturated rings. The van der Waals surface area contributed by atoms with Gasteiger partial charge in [-0.3, -0.25) is 4.79 Å². The molecule has 0 amide bonds. The maximum atomic E-state index is 11.7. The van der Waals surface area contributed by atoms with Crippen LogP contribution >= 0.6 is 0 Å². The van der Waals surface area contributed by atoms with E-state index in [0.717, 1.165) is 16.6 Å². The van der Waals surface area contributed by atoms with Gasteiger partial charge >= 0.3 is 0 Å². The van der Waals surface area contributed by atoms with Gasteiger partial charge in [-0.25, -0.2) is 19.3 Å². The van der Waals surface area contributed by atoms with Crippen molar-refractivity contribution in [2.75, 3.05) is 5.73 Å². The summed E-state index contributed by atoms with van der Waals surface area (Å²) in [5.41, 5.74) is 7.88. The van der Waals surface area contributed by atoms with Crippen molar-refractivity contribution in [2.24, 2.45) is 7.05 Å². The number of hydrogen-bond donors (Lipinski definition) is 1. The minimum atomic E-state index is -0.183. The minimum absolute atomic E-state index is 0.165. The normalized spacial score (nSPS) is 11.9. The van der Waals surface area contributed by atoms with Crippen molar-refractivity contribution in [3.8, 4) is 0 Å². The van der Waals surface area contributed by atoms with Gasteiger partial charge in [-0.2, -0.15) is 10.2 Å². The third-order valence-corrected chi connectivity index (χ3v) is 3.53. The van der Waals surface area contributed by atoms with Gasteiger partial charge in [0, 0.05) is 18.7 Å². The Morgan fingerprint density at radius 1 is 1.26 bits per heavy atom. The van der Waals surface area contributed by atoms with Crippen molar-refractivity contribution in [3.05, 3.63) is 40.2 Å². The molecule has 0 saturated heterocycles. The molecule has 0 saturated carbocycles. The second-order valence-corrected chi connectivity index (χ2v) is 4.91. The van der Waals surface area contributed by atoms with Gasteiger partial charge in [0.1, 0.15) is 12.1 Å². The molecule has 0 aromatic carbocycles. The van der Waals surface area contributed by atoms with Gasteiger partial charge in [0.05, 0.1) is 23.3 Å². The second kappa shape index (κ2) is 6.55. The molecule has 23 heavy (non-hydrogen) atoms. The number of fused-ring (bicyclic) bond motifs is 1. The van der Waals surface area contributed by atoms with Crippen LogP contribution in [-0.4, -0.2) is 29.5 Å². The highest BCUT2D eigenvalue weighted by Crippen LogP contribution is 2.25. The predicted molar refractivity (Wildman–Crippen MR) is 89.1 cm³/mol. The van der Waals surface area contributed by atoms with Gasteiger partial charge in [0.15, 0.2) is 5.65 Å². The van der Waals surface area contributed by atoms with Gasteiger partial charge < -0.3 is 5.73 Å². The van der Waals surface area contributed by atoms with Crippen LogP contribution in [0, 0.1) is 6.92 Å². The maximum Gasteiger partial charge on any atom is 0.266 e. The van der Waals surface area contributed by atoms with Gasteiger partial charge in [0.25, 0.3) is 5.56 Å². The van der Waals surface area contributed by atoms with Crippen molar-refractivity contribution < 1.29 is 0 Å². The van der Waals surface area contributed by atoms with Crippen molar-refractivity contribution in [2.45, 2.75) is 33.7 Å². The molecule has 0 radical (unpaired) electrons. The zero-order valence-electron chi connectivity index (χ0n) is 14.0. The zero-order valence-corrected chi connectivity index (χ0v) is 14.0. The third kappa shape index (κ3) is 2.92. The number of nitrogens with two attached hydrogens (primary N) is 1. The third-order valence-electron chi connectivity index (χ3n) is 3.53. The van der Waals surface area contributed by atoms with E-state index in [2.05, 4.69) is 20.2 Å². The molecular formula is C15H21N7O. The lowest BCUT2D eigenvalue weighted by Crippen LogP contribution is -2.21. The molecule has 0 aliphatic heterocycles. The first-order valence-corrected chi connectivity index (χ1v) is 7.47.